The average molecular weight is 481 g/mol. The number of benzene rings is 1. The van der Waals surface area contributed by atoms with Crippen LogP contribution in [-0.2, 0) is 16.0 Å². The number of carbonyl (C=O) groups is 2. The SMILES string of the molecule is Cc1c(NC(=O)CCCN)ccc2nc(NC(C)(C)C(=O)N(C)CCc3ccccn3)oc(=O)c12. The topological polar surface area (TPSA) is 143 Å². The van der Waals surface area contributed by atoms with E-state index >= 15 is 0 Å². The molecule has 4 N–H and O–H groups in total. The zero-order valence-electron chi connectivity index (χ0n) is 20.6. The van der Waals surface area contributed by atoms with E-state index in [1.807, 2.05) is 18.2 Å². The number of aryl methyl sites for hydroxylation is 1. The van der Waals surface area contributed by atoms with Crippen molar-refractivity contribution in [3.8, 4) is 0 Å². The van der Waals surface area contributed by atoms with Crippen LogP contribution in [0.3, 0.4) is 0 Å². The Labute approximate surface area is 203 Å². The molecule has 3 aromatic rings. The van der Waals surface area contributed by atoms with Gasteiger partial charge in [-0.15, -0.1) is 0 Å². The van der Waals surface area contributed by atoms with Crippen LogP contribution in [0, 0.1) is 6.92 Å². The van der Waals surface area contributed by atoms with Gasteiger partial charge in [0.05, 0.1) is 10.9 Å². The lowest BCUT2D eigenvalue weighted by Gasteiger charge is -2.30. The van der Waals surface area contributed by atoms with Crippen LogP contribution in [0.25, 0.3) is 10.9 Å². The van der Waals surface area contributed by atoms with Crippen LogP contribution >= 0.6 is 0 Å². The standard InChI is InChI=1S/C25H32N6O4/c1-16-18(28-20(32)9-7-13-26)10-11-19-21(16)22(33)35-24(29-19)30-25(2,3)23(34)31(4)15-12-17-8-5-6-14-27-17/h5-6,8,10-11,14H,7,9,12-13,15,26H2,1-4H3,(H,28,32)(H,29,30). The van der Waals surface area contributed by atoms with Crippen LogP contribution in [0.15, 0.2) is 45.7 Å². The summed E-state index contributed by atoms with van der Waals surface area (Å²) in [6.07, 6.45) is 3.20. The van der Waals surface area contributed by atoms with E-state index in [1.54, 1.807) is 51.0 Å². The van der Waals surface area contributed by atoms with Crippen molar-refractivity contribution in [1.82, 2.24) is 14.9 Å². The van der Waals surface area contributed by atoms with Gasteiger partial charge in [-0.2, -0.15) is 4.98 Å². The number of hydrogen-bond acceptors (Lipinski definition) is 8. The van der Waals surface area contributed by atoms with Gasteiger partial charge in [-0.3, -0.25) is 14.6 Å². The van der Waals surface area contributed by atoms with Crippen molar-refractivity contribution in [3.05, 3.63) is 58.2 Å². The van der Waals surface area contributed by atoms with Crippen LogP contribution in [0.4, 0.5) is 11.7 Å². The van der Waals surface area contributed by atoms with Crippen LogP contribution < -0.4 is 22.0 Å². The smallest absolute Gasteiger partial charge is 0.348 e. The predicted octanol–water partition coefficient (Wildman–Crippen LogP) is 2.46. The van der Waals surface area contributed by atoms with Gasteiger partial charge < -0.3 is 25.7 Å². The first kappa shape index (κ1) is 25.8. The zero-order valence-corrected chi connectivity index (χ0v) is 20.6. The number of fused-ring (bicyclic) bond motifs is 1. The summed E-state index contributed by atoms with van der Waals surface area (Å²) in [5.41, 5.74) is 6.12. The molecule has 0 bridgehead atoms. The second-order valence-corrected chi connectivity index (χ2v) is 8.93. The third-order valence-electron chi connectivity index (χ3n) is 5.67. The summed E-state index contributed by atoms with van der Waals surface area (Å²) in [6.45, 7) is 6.02. The van der Waals surface area contributed by atoms with Gasteiger partial charge in [0.15, 0.2) is 0 Å². The molecule has 0 atom stereocenters. The maximum atomic E-state index is 13.1. The summed E-state index contributed by atoms with van der Waals surface area (Å²) in [5, 5.41) is 6.02. The molecule has 2 aromatic heterocycles. The molecule has 2 heterocycles. The molecule has 35 heavy (non-hydrogen) atoms. The number of nitrogens with zero attached hydrogens (tertiary/aromatic N) is 3. The minimum absolute atomic E-state index is 0.0573. The Morgan fingerprint density at radius 2 is 1.97 bits per heavy atom. The maximum absolute atomic E-state index is 13.1. The molecule has 0 saturated heterocycles. The van der Waals surface area contributed by atoms with Gasteiger partial charge in [0.1, 0.15) is 5.54 Å². The van der Waals surface area contributed by atoms with Gasteiger partial charge in [0, 0.05) is 44.0 Å². The van der Waals surface area contributed by atoms with Crippen LogP contribution in [-0.4, -0.2) is 52.4 Å². The second kappa shape index (κ2) is 11.1. The van der Waals surface area contributed by atoms with E-state index < -0.39 is 11.2 Å². The fourth-order valence-electron chi connectivity index (χ4n) is 3.71. The molecule has 10 heteroatoms. The monoisotopic (exact) mass is 480 g/mol. The van der Waals surface area contributed by atoms with Crippen molar-refractivity contribution in [2.45, 2.75) is 45.6 Å². The third kappa shape index (κ3) is 6.42. The van der Waals surface area contributed by atoms with Crippen molar-refractivity contribution < 1.29 is 14.0 Å². The first-order valence-electron chi connectivity index (χ1n) is 11.5. The molecule has 0 aliphatic carbocycles. The van der Waals surface area contributed by atoms with E-state index in [1.165, 1.54) is 0 Å². The molecule has 0 aliphatic rings. The Morgan fingerprint density at radius 3 is 2.66 bits per heavy atom. The normalized spacial score (nSPS) is 11.3. The lowest BCUT2D eigenvalue weighted by molar-refractivity contribution is -0.133. The highest BCUT2D eigenvalue weighted by atomic mass is 16.4. The minimum atomic E-state index is -1.08. The first-order valence-corrected chi connectivity index (χ1v) is 11.5. The number of pyridine rings is 1. The molecule has 0 saturated carbocycles. The minimum Gasteiger partial charge on any atom is -0.389 e. The molecule has 186 valence electrons. The van der Waals surface area contributed by atoms with E-state index in [2.05, 4.69) is 20.6 Å². The molecule has 3 rings (SSSR count). The van der Waals surface area contributed by atoms with Crippen LogP contribution in [0.1, 0.15) is 37.9 Å². The largest absolute Gasteiger partial charge is 0.389 e. The molecule has 0 radical (unpaired) electrons. The van der Waals surface area contributed by atoms with E-state index in [-0.39, 0.29) is 23.2 Å². The number of amides is 2. The molecule has 0 fully saturated rings. The Bertz CT molecular complexity index is 1260. The van der Waals surface area contributed by atoms with Crippen molar-refractivity contribution in [3.63, 3.8) is 0 Å². The molecule has 0 unspecified atom stereocenters. The number of nitrogens with one attached hydrogen (secondary N) is 2. The third-order valence-corrected chi connectivity index (χ3v) is 5.67. The highest BCUT2D eigenvalue weighted by molar-refractivity contribution is 5.96. The number of rotatable bonds is 10. The van der Waals surface area contributed by atoms with Crippen molar-refractivity contribution in [2.24, 2.45) is 5.73 Å². The molecule has 2 amide bonds. The number of hydrogen-bond donors (Lipinski definition) is 3. The van der Waals surface area contributed by atoms with E-state index in [0.29, 0.717) is 49.1 Å². The number of aromatic nitrogens is 2. The summed E-state index contributed by atoms with van der Waals surface area (Å²) < 4.78 is 5.40. The summed E-state index contributed by atoms with van der Waals surface area (Å²) in [6, 6.07) is 8.93. The van der Waals surface area contributed by atoms with Gasteiger partial charge >= 0.3 is 5.63 Å². The summed E-state index contributed by atoms with van der Waals surface area (Å²) in [5.74, 6) is -0.370. The fraction of sp³-hybridized carbons (Fsp3) is 0.400. The number of likely N-dealkylation sites (N-methyl/N-ethyl adjacent to an activating group) is 1. The zero-order chi connectivity index (χ0) is 25.6. The molecule has 1 aromatic carbocycles. The number of carbonyl (C=O) groups excluding carboxylic acids is 2. The molecule has 0 spiro atoms. The van der Waals surface area contributed by atoms with Crippen molar-refractivity contribution in [1.29, 1.82) is 0 Å². The van der Waals surface area contributed by atoms with Gasteiger partial charge in [0.2, 0.25) is 11.8 Å². The number of nitrogens with two attached hydrogens (primary N) is 1. The Morgan fingerprint density at radius 1 is 1.20 bits per heavy atom. The Hall–Kier alpha value is -3.79. The maximum Gasteiger partial charge on any atom is 0.348 e. The Kier molecular flexibility index (Phi) is 8.18. The van der Waals surface area contributed by atoms with Crippen molar-refractivity contribution >= 4 is 34.4 Å². The predicted molar refractivity (Wildman–Crippen MR) is 135 cm³/mol. The average Bonchev–Trinajstić information content (AvgIpc) is 2.82. The van der Waals surface area contributed by atoms with Crippen LogP contribution in [0.2, 0.25) is 0 Å². The Balaban J connectivity index is 1.75. The van der Waals surface area contributed by atoms with Gasteiger partial charge in [0.25, 0.3) is 6.01 Å². The lowest BCUT2D eigenvalue weighted by atomic mass is 10.0. The fourth-order valence-corrected chi connectivity index (χ4v) is 3.71. The molecule has 0 aliphatic heterocycles. The summed E-state index contributed by atoms with van der Waals surface area (Å²) in [4.78, 5) is 48.2. The summed E-state index contributed by atoms with van der Waals surface area (Å²) >= 11 is 0. The second-order valence-electron chi connectivity index (χ2n) is 8.93. The van der Waals surface area contributed by atoms with Crippen molar-refractivity contribution in [2.75, 3.05) is 30.8 Å². The molecular formula is C25H32N6O4. The highest BCUT2D eigenvalue weighted by Gasteiger charge is 2.32. The van der Waals surface area contributed by atoms with E-state index in [0.717, 1.165) is 5.69 Å². The van der Waals surface area contributed by atoms with Crippen LogP contribution in [0.5, 0.6) is 0 Å². The molecular weight excluding hydrogens is 448 g/mol. The quantitative estimate of drug-likeness (QED) is 0.401. The van der Waals surface area contributed by atoms with E-state index in [9.17, 15) is 14.4 Å². The highest BCUT2D eigenvalue weighted by Crippen LogP contribution is 2.24. The number of anilines is 2. The lowest BCUT2D eigenvalue weighted by Crippen LogP contribution is -2.49. The van der Waals surface area contributed by atoms with Gasteiger partial charge in [-0.25, -0.2) is 4.79 Å². The summed E-state index contributed by atoms with van der Waals surface area (Å²) in [7, 11) is 1.71. The first-order chi connectivity index (χ1) is 16.6. The van der Waals surface area contributed by atoms with Gasteiger partial charge in [-0.05, 0) is 63.6 Å². The van der Waals surface area contributed by atoms with E-state index in [4.69, 9.17) is 10.2 Å². The van der Waals surface area contributed by atoms with Gasteiger partial charge in [-0.1, -0.05) is 6.07 Å². The molecule has 10 nitrogen and oxygen atoms in total.